The number of carbonyl (C=O) groups is 2. The molecule has 0 aliphatic heterocycles. The first-order valence-electron chi connectivity index (χ1n) is 14.4. The minimum absolute atomic E-state index is 0.0248. The van der Waals surface area contributed by atoms with E-state index in [1.165, 1.54) is 36.4 Å². The molecule has 0 aromatic heterocycles. The first-order valence-corrected chi connectivity index (χ1v) is 17.2. The van der Waals surface area contributed by atoms with Gasteiger partial charge in [-0.05, 0) is 48.2 Å². The second-order valence-corrected chi connectivity index (χ2v) is 13.0. The molecular weight excluding hydrogens is 580 g/mol. The molecule has 2 aromatic carbocycles. The predicted molar refractivity (Wildman–Crippen MR) is 165 cm³/mol. The maximum atomic E-state index is 12.3. The van der Waals surface area contributed by atoms with Crippen LogP contribution in [0.5, 0.6) is 0 Å². The van der Waals surface area contributed by atoms with Crippen LogP contribution in [0.2, 0.25) is 0 Å². The van der Waals surface area contributed by atoms with Crippen LogP contribution in [0.3, 0.4) is 0 Å². The Morgan fingerprint density at radius 2 is 0.976 bits per heavy atom. The third-order valence-corrected chi connectivity index (χ3v) is 8.43. The first-order chi connectivity index (χ1) is 19.8. The highest BCUT2D eigenvalue weighted by molar-refractivity contribution is 7.86. The van der Waals surface area contributed by atoms with Gasteiger partial charge in [0.25, 0.3) is 20.2 Å². The molecule has 10 nitrogen and oxygen atoms in total. The van der Waals surface area contributed by atoms with Crippen LogP contribution in [-0.4, -0.2) is 37.8 Å². The second-order valence-electron chi connectivity index (χ2n) is 10.2. The Kier molecular flexibility index (Phi) is 14.3. The molecule has 2 amide bonds. The fraction of sp³-hybridized carbons (Fsp3) is 0.467. The highest BCUT2D eigenvalue weighted by atomic mass is 32.2. The summed E-state index contributed by atoms with van der Waals surface area (Å²) in [5.41, 5.74) is 0.415. The molecule has 12 heteroatoms. The van der Waals surface area contributed by atoms with Crippen molar-refractivity contribution in [2.75, 3.05) is 10.6 Å². The molecule has 232 valence electrons. The maximum Gasteiger partial charge on any atom is 0.295 e. The molecule has 0 aliphatic rings. The van der Waals surface area contributed by atoms with Gasteiger partial charge in [0, 0.05) is 24.2 Å². The van der Waals surface area contributed by atoms with E-state index in [4.69, 9.17) is 0 Å². The van der Waals surface area contributed by atoms with Crippen molar-refractivity contribution in [3.05, 3.63) is 47.5 Å². The Hall–Kier alpha value is -3.06. The van der Waals surface area contributed by atoms with Crippen molar-refractivity contribution in [2.45, 2.75) is 101 Å². The van der Waals surface area contributed by atoms with Gasteiger partial charge in [-0.15, -0.1) is 0 Å². The monoisotopic (exact) mass is 622 g/mol. The Morgan fingerprint density at radius 3 is 1.31 bits per heavy atom. The highest BCUT2D eigenvalue weighted by Gasteiger charge is 2.18. The molecule has 4 N–H and O–H groups in total. The SMILES string of the molecule is CCCCCCCC(=O)Nc1ccc(/C=C/c2ccc(NC(=O)CCCCCCC)cc2S(=O)(=O)O)c(S(=O)(=O)O)c1. The lowest BCUT2D eigenvalue weighted by atomic mass is 10.1. The van der Waals surface area contributed by atoms with Gasteiger partial charge in [-0.25, -0.2) is 0 Å². The molecular formula is C30H42N2O8S2. The Balaban J connectivity index is 2.22. The summed E-state index contributed by atoms with van der Waals surface area (Å²) in [6.07, 6.45) is 12.8. The maximum absolute atomic E-state index is 12.3. The van der Waals surface area contributed by atoms with Gasteiger partial charge >= 0.3 is 0 Å². The number of hydrogen-bond acceptors (Lipinski definition) is 6. The lowest BCUT2D eigenvalue weighted by Crippen LogP contribution is -2.12. The largest absolute Gasteiger partial charge is 0.326 e. The summed E-state index contributed by atoms with van der Waals surface area (Å²) in [6.45, 7) is 4.20. The van der Waals surface area contributed by atoms with E-state index in [9.17, 15) is 35.5 Å². The van der Waals surface area contributed by atoms with Crippen molar-refractivity contribution < 1.29 is 35.5 Å². The van der Waals surface area contributed by atoms with Gasteiger partial charge in [0.05, 0.1) is 0 Å². The van der Waals surface area contributed by atoms with E-state index in [1.54, 1.807) is 0 Å². The molecule has 42 heavy (non-hydrogen) atoms. The van der Waals surface area contributed by atoms with E-state index < -0.39 is 30.0 Å². The fourth-order valence-corrected chi connectivity index (χ4v) is 5.77. The minimum Gasteiger partial charge on any atom is -0.326 e. The van der Waals surface area contributed by atoms with Gasteiger partial charge in [-0.3, -0.25) is 18.7 Å². The van der Waals surface area contributed by atoms with Gasteiger partial charge in [-0.1, -0.05) is 89.5 Å². The van der Waals surface area contributed by atoms with Gasteiger partial charge in [-0.2, -0.15) is 16.8 Å². The molecule has 0 aliphatic carbocycles. The van der Waals surface area contributed by atoms with Crippen molar-refractivity contribution in [1.82, 2.24) is 0 Å². The van der Waals surface area contributed by atoms with Gasteiger partial charge in [0.1, 0.15) is 9.79 Å². The van der Waals surface area contributed by atoms with Crippen molar-refractivity contribution in [1.29, 1.82) is 0 Å². The van der Waals surface area contributed by atoms with Crippen molar-refractivity contribution >= 4 is 55.6 Å². The van der Waals surface area contributed by atoms with Gasteiger partial charge in [0.15, 0.2) is 0 Å². The van der Waals surface area contributed by atoms with Crippen LogP contribution < -0.4 is 10.6 Å². The third kappa shape index (κ3) is 12.4. The lowest BCUT2D eigenvalue weighted by Gasteiger charge is -2.10. The second kappa shape index (κ2) is 17.2. The minimum atomic E-state index is -4.71. The third-order valence-electron chi connectivity index (χ3n) is 6.61. The van der Waals surface area contributed by atoms with E-state index in [-0.39, 0.29) is 47.2 Å². The van der Waals surface area contributed by atoms with Crippen molar-refractivity contribution in [3.63, 3.8) is 0 Å². The summed E-state index contributed by atoms with van der Waals surface area (Å²) >= 11 is 0. The van der Waals surface area contributed by atoms with Crippen molar-refractivity contribution in [2.24, 2.45) is 0 Å². The smallest absolute Gasteiger partial charge is 0.295 e. The standard InChI is InChI=1S/C30H42N2O8S2/c1-3-5-7-9-11-13-29(33)31-25-19-17-23(27(21-25)41(35,36)37)15-16-24-18-20-26(22-28(24)42(38,39)40)32-30(34)14-12-10-8-6-4-2/h15-22H,3-14H2,1-2H3,(H,31,33)(H,32,34)(H,35,36,37)(H,38,39,40)/b16-15+. The van der Waals surface area contributed by atoms with Gasteiger partial charge < -0.3 is 10.6 Å². The fourth-order valence-electron chi connectivity index (χ4n) is 4.35. The Labute approximate surface area is 249 Å². The Bertz CT molecular complexity index is 1340. The van der Waals surface area contributed by atoms with E-state index in [0.717, 1.165) is 63.5 Å². The van der Waals surface area contributed by atoms with E-state index in [1.807, 2.05) is 0 Å². The van der Waals surface area contributed by atoms with Crippen LogP contribution in [0, 0.1) is 0 Å². The highest BCUT2D eigenvalue weighted by Crippen LogP contribution is 2.26. The van der Waals surface area contributed by atoms with E-state index >= 15 is 0 Å². The average Bonchev–Trinajstić information content (AvgIpc) is 2.91. The number of amides is 2. The summed E-state index contributed by atoms with van der Waals surface area (Å²) in [4.78, 5) is 23.6. The molecule has 2 aromatic rings. The number of rotatable bonds is 18. The Morgan fingerprint density at radius 1 is 0.619 bits per heavy atom. The number of nitrogens with one attached hydrogen (secondary N) is 2. The molecule has 2 rings (SSSR count). The molecule has 0 atom stereocenters. The summed E-state index contributed by atoms with van der Waals surface area (Å²) in [5.74, 6) is -0.560. The number of benzene rings is 2. The van der Waals surface area contributed by atoms with Gasteiger partial charge in [0.2, 0.25) is 11.8 Å². The molecule has 0 fully saturated rings. The predicted octanol–water partition coefficient (Wildman–Crippen LogP) is 6.95. The molecule has 0 saturated heterocycles. The number of anilines is 2. The topological polar surface area (TPSA) is 167 Å². The lowest BCUT2D eigenvalue weighted by molar-refractivity contribution is -0.117. The zero-order chi connectivity index (χ0) is 31.2. The average molecular weight is 623 g/mol. The molecule has 0 unspecified atom stereocenters. The van der Waals surface area contributed by atoms with Crippen LogP contribution in [-0.2, 0) is 29.8 Å². The normalized spacial score (nSPS) is 12.0. The first kappa shape index (κ1) is 35.1. The van der Waals surface area contributed by atoms with E-state index in [2.05, 4.69) is 24.5 Å². The molecule has 0 saturated carbocycles. The molecule has 0 radical (unpaired) electrons. The van der Waals surface area contributed by atoms with Crippen LogP contribution in [0.15, 0.2) is 46.2 Å². The zero-order valence-corrected chi connectivity index (χ0v) is 25.9. The number of carbonyl (C=O) groups excluding carboxylic acids is 2. The molecule has 0 bridgehead atoms. The van der Waals surface area contributed by atoms with Crippen molar-refractivity contribution in [3.8, 4) is 0 Å². The quantitative estimate of drug-likeness (QED) is 0.0787. The van der Waals surface area contributed by atoms with Crippen LogP contribution in [0.4, 0.5) is 11.4 Å². The summed E-state index contributed by atoms with van der Waals surface area (Å²) in [5, 5.41) is 5.27. The zero-order valence-electron chi connectivity index (χ0n) is 24.3. The van der Waals surface area contributed by atoms with Crippen LogP contribution >= 0.6 is 0 Å². The number of unbranched alkanes of at least 4 members (excludes halogenated alkanes) is 8. The summed E-state index contributed by atoms with van der Waals surface area (Å²) in [6, 6.07) is 7.89. The number of hydrogen-bond donors (Lipinski definition) is 4. The van der Waals surface area contributed by atoms with Crippen LogP contribution in [0.1, 0.15) is 102 Å². The molecule has 0 heterocycles. The van der Waals surface area contributed by atoms with E-state index in [0.29, 0.717) is 12.8 Å². The van der Waals surface area contributed by atoms with Crippen LogP contribution in [0.25, 0.3) is 12.2 Å². The summed E-state index contributed by atoms with van der Waals surface area (Å²) < 4.78 is 68.0. The molecule has 0 spiro atoms. The summed E-state index contributed by atoms with van der Waals surface area (Å²) in [7, 11) is -9.43.